The SMILES string of the molecule is Cc1cccc(C)c1OCCNC(N)=NCCc1cccs1. The minimum Gasteiger partial charge on any atom is -0.491 e. The molecule has 0 aliphatic carbocycles. The molecule has 0 spiro atoms. The molecule has 0 saturated carbocycles. The van der Waals surface area contributed by atoms with Gasteiger partial charge in [0.15, 0.2) is 5.96 Å². The van der Waals surface area contributed by atoms with E-state index in [-0.39, 0.29) is 0 Å². The average Bonchev–Trinajstić information content (AvgIpc) is 2.99. The maximum absolute atomic E-state index is 5.84. The van der Waals surface area contributed by atoms with Crippen LogP contribution in [0.3, 0.4) is 0 Å². The molecule has 2 aromatic rings. The molecule has 1 aromatic heterocycles. The number of aliphatic imine (C=N–C) groups is 1. The molecular weight excluding hydrogens is 294 g/mol. The summed E-state index contributed by atoms with van der Waals surface area (Å²) in [4.78, 5) is 5.64. The van der Waals surface area contributed by atoms with E-state index in [1.165, 1.54) is 4.88 Å². The molecule has 0 bridgehead atoms. The highest BCUT2D eigenvalue weighted by Crippen LogP contribution is 2.21. The van der Waals surface area contributed by atoms with Crippen LogP contribution in [-0.4, -0.2) is 25.7 Å². The number of rotatable bonds is 7. The number of ether oxygens (including phenoxy) is 1. The number of thiophene rings is 1. The number of benzene rings is 1. The van der Waals surface area contributed by atoms with E-state index in [1.54, 1.807) is 11.3 Å². The summed E-state index contributed by atoms with van der Waals surface area (Å²) in [5.74, 6) is 1.43. The third kappa shape index (κ3) is 5.07. The molecular formula is C17H23N3OS. The molecule has 5 heteroatoms. The standard InChI is InChI=1S/C17H23N3OS/c1-13-5-3-6-14(2)16(13)21-11-10-20-17(18)19-9-8-15-7-4-12-22-15/h3-7,12H,8-11H2,1-2H3,(H3,18,19,20). The second-order valence-electron chi connectivity index (χ2n) is 5.09. The van der Waals surface area contributed by atoms with E-state index < -0.39 is 0 Å². The Labute approximate surface area is 136 Å². The van der Waals surface area contributed by atoms with Crippen LogP contribution in [0.1, 0.15) is 16.0 Å². The Hall–Kier alpha value is -2.01. The first-order valence-corrected chi connectivity index (χ1v) is 8.30. The zero-order valence-electron chi connectivity index (χ0n) is 13.1. The van der Waals surface area contributed by atoms with Crippen molar-refractivity contribution >= 4 is 17.3 Å². The fourth-order valence-corrected chi connectivity index (χ4v) is 2.85. The molecule has 0 aliphatic heterocycles. The van der Waals surface area contributed by atoms with Gasteiger partial charge in [-0.3, -0.25) is 4.99 Å². The predicted octanol–water partition coefficient (Wildman–Crippen LogP) is 2.89. The minimum atomic E-state index is 0.474. The van der Waals surface area contributed by atoms with Gasteiger partial charge in [-0.05, 0) is 36.4 Å². The average molecular weight is 317 g/mol. The van der Waals surface area contributed by atoms with Gasteiger partial charge in [0.05, 0.1) is 6.54 Å². The zero-order valence-corrected chi connectivity index (χ0v) is 14.0. The van der Waals surface area contributed by atoms with Crippen LogP contribution in [0.4, 0.5) is 0 Å². The Bertz CT molecular complexity index is 588. The van der Waals surface area contributed by atoms with Crippen molar-refractivity contribution in [2.45, 2.75) is 20.3 Å². The molecule has 0 unspecified atom stereocenters. The molecule has 1 aromatic carbocycles. The van der Waals surface area contributed by atoms with E-state index in [2.05, 4.69) is 53.8 Å². The smallest absolute Gasteiger partial charge is 0.188 e. The molecule has 1 heterocycles. The summed E-state index contributed by atoms with van der Waals surface area (Å²) < 4.78 is 5.81. The fraction of sp³-hybridized carbons (Fsp3) is 0.353. The van der Waals surface area contributed by atoms with Crippen LogP contribution in [0, 0.1) is 13.8 Å². The topological polar surface area (TPSA) is 59.6 Å². The van der Waals surface area contributed by atoms with Crippen molar-refractivity contribution in [3.05, 3.63) is 51.7 Å². The monoisotopic (exact) mass is 317 g/mol. The van der Waals surface area contributed by atoms with Gasteiger partial charge in [0.1, 0.15) is 12.4 Å². The normalized spacial score (nSPS) is 11.5. The number of nitrogens with zero attached hydrogens (tertiary/aromatic N) is 1. The van der Waals surface area contributed by atoms with Gasteiger partial charge in [-0.1, -0.05) is 24.3 Å². The Morgan fingerprint density at radius 2 is 2.00 bits per heavy atom. The first-order chi connectivity index (χ1) is 10.7. The van der Waals surface area contributed by atoms with Gasteiger partial charge in [0.2, 0.25) is 0 Å². The van der Waals surface area contributed by atoms with Crippen molar-refractivity contribution < 1.29 is 4.74 Å². The van der Waals surface area contributed by atoms with Crippen LogP contribution in [0.2, 0.25) is 0 Å². The van der Waals surface area contributed by atoms with Crippen molar-refractivity contribution in [3.63, 3.8) is 0 Å². The fourth-order valence-electron chi connectivity index (χ4n) is 2.16. The second-order valence-corrected chi connectivity index (χ2v) is 6.12. The molecule has 0 atom stereocenters. The summed E-state index contributed by atoms with van der Waals surface area (Å²) in [6.07, 6.45) is 0.930. The van der Waals surface area contributed by atoms with Gasteiger partial charge in [-0.2, -0.15) is 0 Å². The first kappa shape index (κ1) is 16.4. The van der Waals surface area contributed by atoms with Crippen molar-refractivity contribution in [2.75, 3.05) is 19.7 Å². The van der Waals surface area contributed by atoms with E-state index in [9.17, 15) is 0 Å². The van der Waals surface area contributed by atoms with E-state index in [0.29, 0.717) is 25.7 Å². The summed E-state index contributed by atoms with van der Waals surface area (Å²) in [5.41, 5.74) is 8.14. The minimum absolute atomic E-state index is 0.474. The van der Waals surface area contributed by atoms with Crippen LogP contribution >= 0.6 is 11.3 Å². The molecule has 0 saturated heterocycles. The maximum atomic E-state index is 5.84. The van der Waals surface area contributed by atoms with Crippen LogP contribution in [0.25, 0.3) is 0 Å². The highest BCUT2D eigenvalue weighted by molar-refractivity contribution is 7.09. The molecule has 0 radical (unpaired) electrons. The summed E-state index contributed by atoms with van der Waals surface area (Å²) in [6, 6.07) is 10.3. The highest BCUT2D eigenvalue weighted by atomic mass is 32.1. The van der Waals surface area contributed by atoms with Crippen LogP contribution in [0.5, 0.6) is 5.75 Å². The van der Waals surface area contributed by atoms with Gasteiger partial charge in [0, 0.05) is 17.8 Å². The third-order valence-electron chi connectivity index (χ3n) is 3.28. The summed E-state index contributed by atoms with van der Waals surface area (Å²) in [7, 11) is 0. The van der Waals surface area contributed by atoms with Gasteiger partial charge >= 0.3 is 0 Å². The van der Waals surface area contributed by atoms with Gasteiger partial charge in [0.25, 0.3) is 0 Å². The molecule has 0 fully saturated rings. The lowest BCUT2D eigenvalue weighted by molar-refractivity contribution is 0.318. The quantitative estimate of drug-likeness (QED) is 0.469. The summed E-state index contributed by atoms with van der Waals surface area (Å²) >= 11 is 1.75. The lowest BCUT2D eigenvalue weighted by atomic mass is 10.1. The number of nitrogens with two attached hydrogens (primary N) is 1. The summed E-state index contributed by atoms with van der Waals surface area (Å²) in [5, 5.41) is 5.15. The van der Waals surface area contributed by atoms with Crippen molar-refractivity contribution in [3.8, 4) is 5.75 Å². The van der Waals surface area contributed by atoms with E-state index in [0.717, 1.165) is 23.3 Å². The van der Waals surface area contributed by atoms with E-state index in [1.807, 2.05) is 6.07 Å². The van der Waals surface area contributed by atoms with Gasteiger partial charge in [-0.15, -0.1) is 11.3 Å². The first-order valence-electron chi connectivity index (χ1n) is 7.42. The molecule has 2 rings (SSSR count). The summed E-state index contributed by atoms with van der Waals surface area (Å²) in [6.45, 7) is 6.01. The van der Waals surface area contributed by atoms with Crippen molar-refractivity contribution in [1.82, 2.24) is 5.32 Å². The zero-order chi connectivity index (χ0) is 15.8. The van der Waals surface area contributed by atoms with E-state index >= 15 is 0 Å². The van der Waals surface area contributed by atoms with Crippen LogP contribution in [0.15, 0.2) is 40.7 Å². The Morgan fingerprint density at radius 3 is 2.68 bits per heavy atom. The number of hydrogen-bond acceptors (Lipinski definition) is 3. The lowest BCUT2D eigenvalue weighted by Crippen LogP contribution is -2.35. The number of nitrogens with one attached hydrogen (secondary N) is 1. The molecule has 0 aliphatic rings. The molecule has 0 amide bonds. The maximum Gasteiger partial charge on any atom is 0.188 e. The van der Waals surface area contributed by atoms with E-state index in [4.69, 9.17) is 10.5 Å². The second kappa shape index (κ2) is 8.44. The Morgan fingerprint density at radius 1 is 1.23 bits per heavy atom. The third-order valence-corrected chi connectivity index (χ3v) is 4.22. The number of guanidine groups is 1. The number of para-hydroxylation sites is 1. The van der Waals surface area contributed by atoms with Crippen LogP contribution < -0.4 is 15.8 Å². The molecule has 22 heavy (non-hydrogen) atoms. The largest absolute Gasteiger partial charge is 0.491 e. The molecule has 118 valence electrons. The van der Waals surface area contributed by atoms with Crippen molar-refractivity contribution in [1.29, 1.82) is 0 Å². The Balaban J connectivity index is 1.67. The van der Waals surface area contributed by atoms with Crippen LogP contribution in [-0.2, 0) is 6.42 Å². The highest BCUT2D eigenvalue weighted by Gasteiger charge is 2.02. The molecule has 3 N–H and O–H groups in total. The van der Waals surface area contributed by atoms with Crippen molar-refractivity contribution in [2.24, 2.45) is 10.7 Å². The number of aryl methyl sites for hydroxylation is 2. The van der Waals surface area contributed by atoms with Gasteiger partial charge in [-0.25, -0.2) is 0 Å². The number of hydrogen-bond donors (Lipinski definition) is 2. The predicted molar refractivity (Wildman–Crippen MR) is 93.9 cm³/mol. The molecule has 4 nitrogen and oxygen atoms in total. The lowest BCUT2D eigenvalue weighted by Gasteiger charge is -2.12. The van der Waals surface area contributed by atoms with Gasteiger partial charge < -0.3 is 15.8 Å². The Kier molecular flexibility index (Phi) is 6.27.